The molecule has 2 N–H and O–H groups in total. The quantitative estimate of drug-likeness (QED) is 0.314. The fraction of sp³-hybridized carbons (Fsp3) is 0. The number of hydrogen-bond acceptors (Lipinski definition) is 3. The van der Waals surface area contributed by atoms with Gasteiger partial charge in [-0.2, -0.15) is 8.42 Å². The van der Waals surface area contributed by atoms with E-state index in [-0.39, 0.29) is 35.0 Å². The van der Waals surface area contributed by atoms with E-state index < -0.39 is 10.1 Å². The van der Waals surface area contributed by atoms with Crippen molar-refractivity contribution in [1.29, 1.82) is 0 Å². The molecule has 4 nitrogen and oxygen atoms in total. The Kier molecular flexibility index (Phi) is 11.4. The van der Waals surface area contributed by atoms with E-state index in [1.54, 1.807) is 0 Å². The van der Waals surface area contributed by atoms with Crippen LogP contribution in [0.2, 0.25) is 0 Å². The van der Waals surface area contributed by atoms with Crippen molar-refractivity contribution in [3.63, 3.8) is 0 Å². The normalized spacial score (nSPS) is 8.12. The molecule has 44 valence electrons. The van der Waals surface area contributed by atoms with E-state index in [0.717, 1.165) is 0 Å². The van der Waals surface area contributed by atoms with E-state index in [2.05, 4.69) is 6.58 Å². The molecule has 0 aliphatic heterocycles. The second kappa shape index (κ2) is 5.74. The van der Waals surface area contributed by atoms with Crippen LogP contribution in [0, 0.1) is 0 Å². The van der Waals surface area contributed by atoms with E-state index >= 15 is 0 Å². The molecule has 0 spiro atoms. The smallest absolute Gasteiger partial charge is 0.870 e. The molecule has 0 aliphatic rings. The summed E-state index contributed by atoms with van der Waals surface area (Å²) in [4.78, 5) is 0. The average Bonchev–Trinajstić information content (AvgIpc) is 1.35. The summed E-state index contributed by atoms with van der Waals surface area (Å²) in [5.41, 5.74) is 0. The molecule has 0 aromatic heterocycles. The molecule has 0 unspecified atom stereocenters. The first-order valence-corrected chi connectivity index (χ1v) is 2.66. The van der Waals surface area contributed by atoms with Crippen molar-refractivity contribution in [2.24, 2.45) is 0 Å². The molecular formula is C2H5NaO4S. The molecule has 0 rings (SSSR count). The van der Waals surface area contributed by atoms with Gasteiger partial charge in [-0.25, -0.2) is 0 Å². The molecule has 0 heterocycles. The van der Waals surface area contributed by atoms with Crippen LogP contribution < -0.4 is 29.6 Å². The monoisotopic (exact) mass is 148 g/mol. The third kappa shape index (κ3) is 16.0. The summed E-state index contributed by atoms with van der Waals surface area (Å²) in [6.07, 6.45) is 0. The summed E-state index contributed by atoms with van der Waals surface area (Å²) in [6, 6.07) is 0. The summed E-state index contributed by atoms with van der Waals surface area (Å²) < 4.78 is 26.6. The molecule has 0 aliphatic carbocycles. The van der Waals surface area contributed by atoms with Crippen molar-refractivity contribution in [2.75, 3.05) is 0 Å². The van der Waals surface area contributed by atoms with Gasteiger partial charge in [-0.05, 0) is 0 Å². The van der Waals surface area contributed by atoms with Crippen LogP contribution >= 0.6 is 0 Å². The van der Waals surface area contributed by atoms with Crippen molar-refractivity contribution < 1.29 is 48.0 Å². The minimum atomic E-state index is -3.90. The first kappa shape index (κ1) is 15.8. The van der Waals surface area contributed by atoms with Crippen LogP contribution in [0.4, 0.5) is 0 Å². The van der Waals surface area contributed by atoms with Crippen LogP contribution in [0.1, 0.15) is 0 Å². The average molecular weight is 148 g/mol. The Morgan fingerprint density at radius 3 is 1.62 bits per heavy atom. The zero-order valence-corrected chi connectivity index (χ0v) is 7.22. The van der Waals surface area contributed by atoms with Crippen molar-refractivity contribution in [2.45, 2.75) is 0 Å². The Balaban J connectivity index is -0.000000125. The zero-order valence-electron chi connectivity index (χ0n) is 4.40. The van der Waals surface area contributed by atoms with Crippen molar-refractivity contribution in [3.8, 4) is 0 Å². The minimum absolute atomic E-state index is 0. The van der Waals surface area contributed by atoms with Gasteiger partial charge in [0.05, 0.1) is 5.41 Å². The van der Waals surface area contributed by atoms with Crippen LogP contribution in [-0.2, 0) is 10.1 Å². The molecule has 0 aromatic carbocycles. The van der Waals surface area contributed by atoms with E-state index in [1.807, 2.05) is 0 Å². The Hall–Kier alpha value is 0.610. The van der Waals surface area contributed by atoms with Gasteiger partial charge >= 0.3 is 29.6 Å². The molecule has 0 bridgehead atoms. The minimum Gasteiger partial charge on any atom is -0.870 e. The maximum Gasteiger partial charge on any atom is 1.00 e. The van der Waals surface area contributed by atoms with Gasteiger partial charge in [0.25, 0.3) is 10.1 Å². The number of rotatable bonds is 1. The van der Waals surface area contributed by atoms with Crippen molar-refractivity contribution >= 4 is 10.1 Å². The SMILES string of the molecule is C=CS(=O)(=O)O.[Na+].[OH-]. The first-order valence-electron chi connectivity index (χ1n) is 1.16. The van der Waals surface area contributed by atoms with Crippen LogP contribution in [0.15, 0.2) is 12.0 Å². The largest absolute Gasteiger partial charge is 1.00 e. The van der Waals surface area contributed by atoms with Crippen LogP contribution in [0.5, 0.6) is 0 Å². The molecule has 0 saturated heterocycles. The number of hydrogen-bond donors (Lipinski definition) is 1. The summed E-state index contributed by atoms with van der Waals surface area (Å²) in [7, 11) is -3.90. The maximum atomic E-state index is 9.44. The van der Waals surface area contributed by atoms with Crippen molar-refractivity contribution in [3.05, 3.63) is 12.0 Å². The Bertz CT molecular complexity index is 125. The second-order valence-electron chi connectivity index (χ2n) is 0.682. The van der Waals surface area contributed by atoms with E-state index in [0.29, 0.717) is 5.41 Å². The predicted octanol–water partition coefficient (Wildman–Crippen LogP) is -3.16. The fourth-order valence-electron chi connectivity index (χ4n) is 0. The maximum absolute atomic E-state index is 9.44. The van der Waals surface area contributed by atoms with Gasteiger partial charge < -0.3 is 5.48 Å². The second-order valence-corrected chi connectivity index (χ2v) is 2.04. The summed E-state index contributed by atoms with van der Waals surface area (Å²) in [6.45, 7) is 2.79. The van der Waals surface area contributed by atoms with Gasteiger partial charge in [0.2, 0.25) is 0 Å². The third-order valence-corrected chi connectivity index (χ3v) is 0.632. The summed E-state index contributed by atoms with van der Waals surface area (Å²) in [5.74, 6) is 0. The van der Waals surface area contributed by atoms with Gasteiger partial charge in [-0.3, -0.25) is 4.55 Å². The molecule has 0 aromatic rings. The first-order chi connectivity index (χ1) is 2.56. The molecule has 0 saturated carbocycles. The molecule has 0 atom stereocenters. The summed E-state index contributed by atoms with van der Waals surface area (Å²) in [5, 5.41) is 0.465. The zero-order chi connectivity index (χ0) is 5.21. The molecule has 8 heavy (non-hydrogen) atoms. The molecule has 6 heteroatoms. The Labute approximate surface area is 69.9 Å². The van der Waals surface area contributed by atoms with Gasteiger partial charge in [-0.15, -0.1) is 0 Å². The predicted molar refractivity (Wildman–Crippen MR) is 23.7 cm³/mol. The van der Waals surface area contributed by atoms with Crippen LogP contribution in [0.25, 0.3) is 0 Å². The Morgan fingerprint density at radius 2 is 1.62 bits per heavy atom. The van der Waals surface area contributed by atoms with E-state index in [9.17, 15) is 8.42 Å². The van der Waals surface area contributed by atoms with Crippen LogP contribution in [-0.4, -0.2) is 18.4 Å². The van der Waals surface area contributed by atoms with E-state index in [1.165, 1.54) is 0 Å². The topological polar surface area (TPSA) is 84.4 Å². The summed E-state index contributed by atoms with van der Waals surface area (Å²) >= 11 is 0. The third-order valence-electron chi connectivity index (χ3n) is 0.211. The standard InChI is InChI=1S/C2H4O3S.Na.H2O/c1-2-6(3,4)5;;/h2H,1H2,(H,3,4,5);;1H2/q;+1;/p-1. The van der Waals surface area contributed by atoms with Gasteiger partial charge in [-0.1, -0.05) is 6.58 Å². The van der Waals surface area contributed by atoms with Crippen LogP contribution in [0.3, 0.4) is 0 Å². The van der Waals surface area contributed by atoms with Crippen molar-refractivity contribution in [1.82, 2.24) is 0 Å². The Morgan fingerprint density at radius 1 is 1.50 bits per heavy atom. The van der Waals surface area contributed by atoms with E-state index in [4.69, 9.17) is 4.55 Å². The molecule has 0 amide bonds. The molecular weight excluding hydrogens is 143 g/mol. The van der Waals surface area contributed by atoms with Gasteiger partial charge in [0.1, 0.15) is 0 Å². The van der Waals surface area contributed by atoms with Gasteiger partial charge in [0, 0.05) is 0 Å². The fourth-order valence-corrected chi connectivity index (χ4v) is 0. The van der Waals surface area contributed by atoms with Gasteiger partial charge in [0.15, 0.2) is 0 Å². The molecule has 0 fully saturated rings. The molecule has 0 radical (unpaired) electrons.